The number of benzene rings is 2. The van der Waals surface area contributed by atoms with E-state index in [4.69, 9.17) is 27.9 Å². The summed E-state index contributed by atoms with van der Waals surface area (Å²) in [6, 6.07) is 9.14. The molecule has 3 aromatic rings. The van der Waals surface area contributed by atoms with Gasteiger partial charge in [0.25, 0.3) is 5.91 Å². The molecule has 2 aromatic carbocycles. The number of fused-ring (bicyclic) bond motifs is 1. The first-order valence-corrected chi connectivity index (χ1v) is 10.8. The zero-order chi connectivity index (χ0) is 22.0. The molecule has 2 heterocycles. The Hall–Kier alpha value is -2.64. The molecule has 162 valence electrons. The van der Waals surface area contributed by atoms with Crippen molar-refractivity contribution in [3.05, 3.63) is 58.1 Å². The van der Waals surface area contributed by atoms with Gasteiger partial charge in [-0.05, 0) is 56.2 Å². The highest BCUT2D eigenvalue weighted by Gasteiger charge is 2.21. The van der Waals surface area contributed by atoms with Gasteiger partial charge in [-0.15, -0.1) is 10.2 Å². The summed E-state index contributed by atoms with van der Waals surface area (Å²) < 4.78 is 22.2. The fraction of sp³-hybridized carbons (Fsp3) is 0.318. The normalized spacial score (nSPS) is 14.5. The second-order valence-electron chi connectivity index (χ2n) is 7.42. The zero-order valence-corrected chi connectivity index (χ0v) is 18.4. The number of carbonyl (C=O) groups excluding carboxylic acids is 1. The van der Waals surface area contributed by atoms with E-state index in [1.54, 1.807) is 25.1 Å². The number of nitrogens with zero attached hydrogens (tertiary/aromatic N) is 3. The molecule has 1 aliphatic rings. The molecule has 1 amide bonds. The zero-order valence-electron chi connectivity index (χ0n) is 16.9. The summed E-state index contributed by atoms with van der Waals surface area (Å²) in [6.45, 7) is 2.35. The van der Waals surface area contributed by atoms with E-state index in [2.05, 4.69) is 15.5 Å². The van der Waals surface area contributed by atoms with E-state index in [1.807, 2.05) is 4.57 Å². The van der Waals surface area contributed by atoms with Gasteiger partial charge >= 0.3 is 0 Å². The number of hydrogen-bond acceptors (Lipinski definition) is 4. The molecule has 0 spiro atoms. The minimum absolute atomic E-state index is 0.299. The van der Waals surface area contributed by atoms with Gasteiger partial charge in [-0.25, -0.2) is 4.39 Å². The van der Waals surface area contributed by atoms with Gasteiger partial charge in [0.1, 0.15) is 17.4 Å². The first kappa shape index (κ1) is 21.6. The topological polar surface area (TPSA) is 69.0 Å². The van der Waals surface area contributed by atoms with Gasteiger partial charge in [0.15, 0.2) is 11.9 Å². The molecule has 4 rings (SSSR count). The number of halogens is 3. The molecule has 0 fully saturated rings. The van der Waals surface area contributed by atoms with Crippen molar-refractivity contribution in [3.8, 4) is 17.1 Å². The van der Waals surface area contributed by atoms with E-state index in [-0.39, 0.29) is 0 Å². The molecule has 1 N–H and O–H groups in total. The van der Waals surface area contributed by atoms with Crippen LogP contribution in [0.4, 0.5) is 10.1 Å². The third-order valence-electron chi connectivity index (χ3n) is 5.15. The average Bonchev–Trinajstić information content (AvgIpc) is 2.99. The van der Waals surface area contributed by atoms with Crippen molar-refractivity contribution in [1.82, 2.24) is 14.8 Å². The van der Waals surface area contributed by atoms with Crippen LogP contribution in [0.2, 0.25) is 10.0 Å². The standard InChI is InChI=1S/C22H21Cl2FN4O2/c1-13(31-19-9-6-14(23)11-17(19)24)22(30)26-15-7-8-18(25)16(12-15)21-28-27-20-5-3-2-4-10-29(20)21/h6-9,11-13H,2-5,10H2,1H3,(H,26,30). The molecule has 0 bridgehead atoms. The van der Waals surface area contributed by atoms with Crippen molar-refractivity contribution in [2.24, 2.45) is 0 Å². The van der Waals surface area contributed by atoms with Gasteiger partial charge in [0, 0.05) is 23.7 Å². The fourth-order valence-corrected chi connectivity index (χ4v) is 3.97. The van der Waals surface area contributed by atoms with Gasteiger partial charge in [0.2, 0.25) is 0 Å². The van der Waals surface area contributed by atoms with Crippen LogP contribution in [-0.4, -0.2) is 26.8 Å². The SMILES string of the molecule is CC(Oc1ccc(Cl)cc1Cl)C(=O)Nc1ccc(F)c(-c2nnc3n2CCCCC3)c1. The van der Waals surface area contributed by atoms with E-state index >= 15 is 0 Å². The van der Waals surface area contributed by atoms with Crippen LogP contribution in [0.25, 0.3) is 11.4 Å². The molecule has 0 aliphatic carbocycles. The second kappa shape index (κ2) is 9.24. The maximum absolute atomic E-state index is 14.6. The van der Waals surface area contributed by atoms with Gasteiger partial charge in [-0.3, -0.25) is 4.79 Å². The van der Waals surface area contributed by atoms with Crippen molar-refractivity contribution in [3.63, 3.8) is 0 Å². The van der Waals surface area contributed by atoms with Crippen LogP contribution in [0.1, 0.15) is 32.0 Å². The van der Waals surface area contributed by atoms with Crippen molar-refractivity contribution >= 4 is 34.8 Å². The van der Waals surface area contributed by atoms with Crippen LogP contribution >= 0.6 is 23.2 Å². The van der Waals surface area contributed by atoms with E-state index < -0.39 is 17.8 Å². The maximum Gasteiger partial charge on any atom is 0.265 e. The van der Waals surface area contributed by atoms with Crippen molar-refractivity contribution < 1.29 is 13.9 Å². The third-order valence-corrected chi connectivity index (χ3v) is 5.68. The second-order valence-corrected chi connectivity index (χ2v) is 8.26. The number of aromatic nitrogens is 3. The predicted molar refractivity (Wildman–Crippen MR) is 118 cm³/mol. The van der Waals surface area contributed by atoms with Gasteiger partial charge in [-0.2, -0.15) is 0 Å². The molecule has 6 nitrogen and oxygen atoms in total. The summed E-state index contributed by atoms with van der Waals surface area (Å²) in [5, 5.41) is 12.0. The van der Waals surface area contributed by atoms with Crippen LogP contribution < -0.4 is 10.1 Å². The average molecular weight is 463 g/mol. The lowest BCUT2D eigenvalue weighted by Gasteiger charge is -2.16. The first-order chi connectivity index (χ1) is 14.9. The molecule has 0 radical (unpaired) electrons. The van der Waals surface area contributed by atoms with Crippen molar-refractivity contribution in [2.75, 3.05) is 5.32 Å². The van der Waals surface area contributed by atoms with Crippen LogP contribution in [0.3, 0.4) is 0 Å². The number of anilines is 1. The Morgan fingerprint density at radius 1 is 1.16 bits per heavy atom. The molecule has 1 aliphatic heterocycles. The van der Waals surface area contributed by atoms with Gasteiger partial charge < -0.3 is 14.6 Å². The molecule has 1 aromatic heterocycles. The lowest BCUT2D eigenvalue weighted by molar-refractivity contribution is -0.122. The Morgan fingerprint density at radius 3 is 2.81 bits per heavy atom. The summed E-state index contributed by atoms with van der Waals surface area (Å²) in [4.78, 5) is 12.6. The van der Waals surface area contributed by atoms with Crippen LogP contribution in [0.15, 0.2) is 36.4 Å². The lowest BCUT2D eigenvalue weighted by atomic mass is 10.1. The van der Waals surface area contributed by atoms with E-state index in [9.17, 15) is 9.18 Å². The summed E-state index contributed by atoms with van der Waals surface area (Å²) >= 11 is 12.0. The largest absolute Gasteiger partial charge is 0.479 e. The Labute approximate surface area is 189 Å². The van der Waals surface area contributed by atoms with Crippen LogP contribution in [0, 0.1) is 5.82 Å². The molecule has 31 heavy (non-hydrogen) atoms. The number of aryl methyl sites for hydroxylation is 1. The monoisotopic (exact) mass is 462 g/mol. The Kier molecular flexibility index (Phi) is 6.43. The van der Waals surface area contributed by atoms with Gasteiger partial charge in [-0.1, -0.05) is 29.6 Å². The lowest BCUT2D eigenvalue weighted by Crippen LogP contribution is -2.30. The Balaban J connectivity index is 1.52. The molecular weight excluding hydrogens is 442 g/mol. The molecule has 9 heteroatoms. The summed E-state index contributed by atoms with van der Waals surface area (Å²) in [5.41, 5.74) is 0.734. The van der Waals surface area contributed by atoms with E-state index in [0.29, 0.717) is 32.9 Å². The third kappa shape index (κ3) is 4.83. The van der Waals surface area contributed by atoms with E-state index in [0.717, 1.165) is 38.1 Å². The van der Waals surface area contributed by atoms with Crippen LogP contribution in [0.5, 0.6) is 5.75 Å². The Morgan fingerprint density at radius 2 is 2.00 bits per heavy atom. The highest BCUT2D eigenvalue weighted by molar-refractivity contribution is 6.35. The summed E-state index contributed by atoms with van der Waals surface area (Å²) in [7, 11) is 0. The highest BCUT2D eigenvalue weighted by Crippen LogP contribution is 2.29. The number of amides is 1. The number of rotatable bonds is 5. The first-order valence-electron chi connectivity index (χ1n) is 10.1. The smallest absolute Gasteiger partial charge is 0.265 e. The summed E-state index contributed by atoms with van der Waals surface area (Å²) in [5.74, 6) is 0.865. The Bertz CT molecular complexity index is 1120. The number of ether oxygens (including phenoxy) is 1. The number of hydrogen-bond donors (Lipinski definition) is 1. The fourth-order valence-electron chi connectivity index (χ4n) is 3.52. The van der Waals surface area contributed by atoms with Crippen LogP contribution in [-0.2, 0) is 17.8 Å². The maximum atomic E-state index is 14.6. The number of nitrogens with one attached hydrogen (secondary N) is 1. The quantitative estimate of drug-likeness (QED) is 0.541. The molecule has 1 unspecified atom stereocenters. The van der Waals surface area contributed by atoms with E-state index in [1.165, 1.54) is 18.2 Å². The van der Waals surface area contributed by atoms with Crippen molar-refractivity contribution in [2.45, 2.75) is 45.3 Å². The van der Waals surface area contributed by atoms with Crippen molar-refractivity contribution in [1.29, 1.82) is 0 Å². The molecule has 0 saturated carbocycles. The minimum atomic E-state index is -0.837. The number of carbonyl (C=O) groups is 1. The predicted octanol–water partition coefficient (Wildman–Crippen LogP) is 5.52. The molecule has 0 saturated heterocycles. The molecule has 1 atom stereocenters. The highest BCUT2D eigenvalue weighted by atomic mass is 35.5. The van der Waals surface area contributed by atoms with Gasteiger partial charge in [0.05, 0.1) is 10.6 Å². The minimum Gasteiger partial charge on any atom is -0.479 e. The molecular formula is C22H21Cl2FN4O2. The summed E-state index contributed by atoms with van der Waals surface area (Å²) in [6.07, 6.45) is 3.14.